The van der Waals surface area contributed by atoms with Crippen LogP contribution in [-0.2, 0) is 40.5 Å². The lowest BCUT2D eigenvalue weighted by Gasteiger charge is -2.24. The summed E-state index contributed by atoms with van der Waals surface area (Å²) < 4.78 is 20.1. The fourth-order valence-corrected chi connectivity index (χ4v) is 6.36. The Kier molecular flexibility index (Phi) is 10.1. The fourth-order valence-electron chi connectivity index (χ4n) is 5.60. The smallest absolute Gasteiger partial charge is 0.359 e. The molecule has 2 aromatic carbocycles. The standard InChI is InChI=1S/C35H41N7O6Si/c1-5-47-35(45)31-25-17-23(11-14-28(25)42(40-31)22-46-15-16-49(2,3)4)18-36-30(43)20-41-21-38-27-13-12-26(39-32(27)34(41)44)29-19-37-33(48-29)24-9-7-6-8-10-24/h6-11,14,17,19,21,26,39H,5,12-13,15-16,18,20,22H2,1-4H3,(H,36,43). The molecule has 1 aliphatic heterocycles. The summed E-state index contributed by atoms with van der Waals surface area (Å²) in [6, 6.07) is 15.9. The number of aryl methyl sites for hydroxylation is 1. The van der Waals surface area contributed by atoms with E-state index in [9.17, 15) is 14.4 Å². The van der Waals surface area contributed by atoms with E-state index in [2.05, 4.69) is 45.3 Å². The van der Waals surface area contributed by atoms with Crippen LogP contribution >= 0.6 is 0 Å². The fraction of sp³-hybridized carbons (Fsp3) is 0.371. The highest BCUT2D eigenvalue weighted by Gasteiger charge is 2.27. The first-order chi connectivity index (χ1) is 23.6. The molecule has 5 aromatic rings. The van der Waals surface area contributed by atoms with Gasteiger partial charge in [0.1, 0.15) is 24.7 Å². The maximum absolute atomic E-state index is 13.4. The Hall–Kier alpha value is -5.08. The predicted molar refractivity (Wildman–Crippen MR) is 187 cm³/mol. The van der Waals surface area contributed by atoms with Crippen molar-refractivity contribution in [3.63, 3.8) is 0 Å². The zero-order valence-electron chi connectivity index (χ0n) is 28.2. The number of fused-ring (bicyclic) bond motifs is 2. The molecule has 1 atom stereocenters. The lowest BCUT2D eigenvalue weighted by molar-refractivity contribution is -0.121. The number of rotatable bonds is 13. The van der Waals surface area contributed by atoms with Crippen LogP contribution in [-0.4, -0.2) is 57.5 Å². The van der Waals surface area contributed by atoms with E-state index in [1.807, 2.05) is 48.5 Å². The van der Waals surface area contributed by atoms with E-state index in [0.717, 1.165) is 22.7 Å². The van der Waals surface area contributed by atoms with Crippen LogP contribution in [0.4, 0.5) is 5.69 Å². The van der Waals surface area contributed by atoms with Crippen molar-refractivity contribution in [1.29, 1.82) is 0 Å². The molecule has 3 aromatic heterocycles. The molecule has 1 aliphatic rings. The summed E-state index contributed by atoms with van der Waals surface area (Å²) in [5, 5.41) is 11.3. The van der Waals surface area contributed by atoms with Gasteiger partial charge in [0.15, 0.2) is 5.69 Å². The molecular formula is C35H41N7O6Si. The number of hydrogen-bond donors (Lipinski definition) is 2. The Morgan fingerprint density at radius 3 is 2.71 bits per heavy atom. The first-order valence-corrected chi connectivity index (χ1v) is 20.2. The van der Waals surface area contributed by atoms with Gasteiger partial charge in [-0.15, -0.1) is 0 Å². The second-order valence-electron chi connectivity index (χ2n) is 13.2. The number of aromatic nitrogens is 5. The Balaban J connectivity index is 1.11. The van der Waals surface area contributed by atoms with E-state index in [0.29, 0.717) is 47.9 Å². The maximum atomic E-state index is 13.4. The minimum atomic E-state index is -1.25. The molecule has 0 saturated carbocycles. The molecule has 1 amide bonds. The van der Waals surface area contributed by atoms with E-state index in [4.69, 9.17) is 13.9 Å². The molecule has 0 fully saturated rings. The zero-order valence-corrected chi connectivity index (χ0v) is 29.2. The Morgan fingerprint density at radius 1 is 1.12 bits per heavy atom. The number of ether oxygens (including phenoxy) is 2. The summed E-state index contributed by atoms with van der Waals surface area (Å²) in [4.78, 5) is 48.1. The van der Waals surface area contributed by atoms with Gasteiger partial charge in [-0.1, -0.05) is 43.9 Å². The number of oxazole rings is 1. The summed E-state index contributed by atoms with van der Waals surface area (Å²) in [5.41, 5.74) is 3.20. The van der Waals surface area contributed by atoms with E-state index >= 15 is 0 Å². The van der Waals surface area contributed by atoms with Crippen molar-refractivity contribution >= 4 is 36.5 Å². The SMILES string of the molecule is CCOC(=O)c1nn(COCC[Si](C)(C)C)c2ccc(CNC(=O)Cn3cnc4c(c3=O)NC(c3cnc(-c5ccccc5)o3)CC4)cc12. The number of anilines is 1. The molecule has 256 valence electrons. The van der Waals surface area contributed by atoms with E-state index in [1.54, 1.807) is 17.8 Å². The average Bonchev–Trinajstić information content (AvgIpc) is 3.73. The quantitative estimate of drug-likeness (QED) is 0.0967. The van der Waals surface area contributed by atoms with Crippen molar-refractivity contribution in [1.82, 2.24) is 29.6 Å². The molecule has 0 saturated heterocycles. The number of nitrogens with zero attached hydrogens (tertiary/aromatic N) is 5. The van der Waals surface area contributed by atoms with Crippen LogP contribution in [0.25, 0.3) is 22.4 Å². The Labute approximate surface area is 284 Å². The van der Waals surface area contributed by atoms with Crippen LogP contribution in [0.5, 0.6) is 0 Å². The van der Waals surface area contributed by atoms with E-state index in [1.165, 1.54) is 10.9 Å². The van der Waals surface area contributed by atoms with Crippen molar-refractivity contribution in [2.45, 2.75) is 71.3 Å². The normalized spacial score (nSPS) is 14.3. The van der Waals surface area contributed by atoms with Crippen LogP contribution in [0.2, 0.25) is 25.7 Å². The molecule has 0 radical (unpaired) electrons. The van der Waals surface area contributed by atoms with Gasteiger partial charge in [0.2, 0.25) is 11.8 Å². The maximum Gasteiger partial charge on any atom is 0.359 e. The Bertz CT molecular complexity index is 2010. The molecule has 13 nitrogen and oxygen atoms in total. The third kappa shape index (κ3) is 7.98. The van der Waals surface area contributed by atoms with Gasteiger partial charge in [0.05, 0.1) is 36.4 Å². The first-order valence-electron chi connectivity index (χ1n) is 16.5. The Morgan fingerprint density at radius 2 is 1.94 bits per heavy atom. The number of carbonyl (C=O) groups is 2. The van der Waals surface area contributed by atoms with Crippen LogP contribution in [0.1, 0.15) is 46.9 Å². The summed E-state index contributed by atoms with van der Waals surface area (Å²) in [5.74, 6) is 0.247. The van der Waals surface area contributed by atoms with Crippen molar-refractivity contribution < 1.29 is 23.5 Å². The number of esters is 1. The van der Waals surface area contributed by atoms with Gasteiger partial charge in [-0.3, -0.25) is 14.2 Å². The molecule has 0 aliphatic carbocycles. The van der Waals surface area contributed by atoms with Gasteiger partial charge < -0.3 is 24.5 Å². The van der Waals surface area contributed by atoms with Crippen molar-refractivity contribution in [2.24, 2.45) is 0 Å². The molecule has 4 heterocycles. The number of benzene rings is 2. The first kappa shape index (κ1) is 33.8. The molecule has 0 spiro atoms. The summed E-state index contributed by atoms with van der Waals surface area (Å²) in [6.07, 6.45) is 4.34. The highest BCUT2D eigenvalue weighted by Crippen LogP contribution is 2.31. The van der Waals surface area contributed by atoms with Gasteiger partial charge in [0.25, 0.3) is 5.56 Å². The van der Waals surface area contributed by atoms with Crippen molar-refractivity contribution in [3.05, 3.63) is 94.1 Å². The van der Waals surface area contributed by atoms with Gasteiger partial charge in [-0.05, 0) is 55.6 Å². The van der Waals surface area contributed by atoms with Gasteiger partial charge >= 0.3 is 5.97 Å². The van der Waals surface area contributed by atoms with Gasteiger partial charge in [-0.25, -0.2) is 19.4 Å². The van der Waals surface area contributed by atoms with Crippen LogP contribution < -0.4 is 16.2 Å². The number of hydrogen-bond acceptors (Lipinski definition) is 10. The van der Waals surface area contributed by atoms with Crippen LogP contribution in [0, 0.1) is 0 Å². The molecule has 2 N–H and O–H groups in total. The third-order valence-electron chi connectivity index (χ3n) is 8.29. The highest BCUT2D eigenvalue weighted by atomic mass is 28.3. The van der Waals surface area contributed by atoms with Crippen molar-refractivity contribution in [2.75, 3.05) is 18.5 Å². The zero-order chi connectivity index (χ0) is 34.5. The van der Waals surface area contributed by atoms with Gasteiger partial charge in [0, 0.05) is 32.2 Å². The van der Waals surface area contributed by atoms with E-state index in [-0.39, 0.29) is 49.6 Å². The third-order valence-corrected chi connectivity index (χ3v) is 9.99. The lowest BCUT2D eigenvalue weighted by atomic mass is 10.0. The predicted octanol–water partition coefficient (Wildman–Crippen LogP) is 5.15. The minimum Gasteiger partial charge on any atom is -0.461 e. The lowest BCUT2D eigenvalue weighted by Crippen LogP contribution is -2.35. The summed E-state index contributed by atoms with van der Waals surface area (Å²) >= 11 is 0. The molecule has 14 heteroatoms. The summed E-state index contributed by atoms with van der Waals surface area (Å²) in [6.45, 7) is 9.62. The molecule has 1 unspecified atom stereocenters. The molecular weight excluding hydrogens is 643 g/mol. The van der Waals surface area contributed by atoms with E-state index < -0.39 is 14.0 Å². The molecule has 49 heavy (non-hydrogen) atoms. The van der Waals surface area contributed by atoms with Crippen LogP contribution in [0.15, 0.2) is 70.3 Å². The topological polar surface area (TPSA) is 155 Å². The number of carbonyl (C=O) groups excluding carboxylic acids is 2. The number of amides is 1. The second kappa shape index (κ2) is 14.6. The average molecular weight is 684 g/mol. The largest absolute Gasteiger partial charge is 0.461 e. The molecule has 0 bridgehead atoms. The van der Waals surface area contributed by atoms with Crippen molar-refractivity contribution in [3.8, 4) is 11.5 Å². The minimum absolute atomic E-state index is 0.178. The molecule has 6 rings (SSSR count). The summed E-state index contributed by atoms with van der Waals surface area (Å²) in [7, 11) is -1.25. The second-order valence-corrected chi connectivity index (χ2v) is 18.8. The number of nitrogens with one attached hydrogen (secondary N) is 2. The monoisotopic (exact) mass is 683 g/mol. The van der Waals surface area contributed by atoms with Gasteiger partial charge in [-0.2, -0.15) is 5.10 Å². The van der Waals surface area contributed by atoms with Crippen LogP contribution in [0.3, 0.4) is 0 Å². The highest BCUT2D eigenvalue weighted by molar-refractivity contribution is 6.76.